The van der Waals surface area contributed by atoms with Gasteiger partial charge in [-0.2, -0.15) is 0 Å². The van der Waals surface area contributed by atoms with Gasteiger partial charge in [0.15, 0.2) is 5.78 Å². The van der Waals surface area contributed by atoms with E-state index in [0.717, 1.165) is 44.0 Å². The van der Waals surface area contributed by atoms with Gasteiger partial charge >= 0.3 is 0 Å². The number of aryl methyl sites for hydroxylation is 1. The molecule has 2 heterocycles. The molecule has 1 aromatic rings. The molecule has 4 heteroatoms. The van der Waals surface area contributed by atoms with Crippen LogP contribution in [0.4, 0.5) is 0 Å². The summed E-state index contributed by atoms with van der Waals surface area (Å²) < 4.78 is 7.68. The second kappa shape index (κ2) is 4.37. The Balaban J connectivity index is 2.04. The SMILES string of the molecule is Cc1cc2c(n1N1CCOCC1)CC(C)(C)CC2=O. The molecule has 0 unspecified atom stereocenters. The third-order valence-electron chi connectivity index (χ3n) is 4.11. The van der Waals surface area contributed by atoms with Crippen molar-refractivity contribution in [3.8, 4) is 0 Å². The Morgan fingerprint density at radius 3 is 2.58 bits per heavy atom. The molecule has 104 valence electrons. The maximum absolute atomic E-state index is 12.3. The molecule has 1 saturated heterocycles. The Morgan fingerprint density at radius 1 is 1.21 bits per heavy atom. The van der Waals surface area contributed by atoms with E-state index < -0.39 is 0 Å². The van der Waals surface area contributed by atoms with Crippen LogP contribution in [-0.2, 0) is 11.2 Å². The van der Waals surface area contributed by atoms with E-state index in [0.29, 0.717) is 12.2 Å². The fourth-order valence-corrected chi connectivity index (χ4v) is 3.29. The summed E-state index contributed by atoms with van der Waals surface area (Å²) in [5.74, 6) is 0.293. The van der Waals surface area contributed by atoms with Gasteiger partial charge in [-0.1, -0.05) is 13.8 Å². The molecule has 0 radical (unpaired) electrons. The summed E-state index contributed by atoms with van der Waals surface area (Å²) in [6, 6.07) is 2.06. The lowest BCUT2D eigenvalue weighted by molar-refractivity contribution is 0.0906. The molecule has 0 saturated carbocycles. The molecular weight excluding hydrogens is 240 g/mol. The van der Waals surface area contributed by atoms with E-state index in [-0.39, 0.29) is 5.41 Å². The Morgan fingerprint density at radius 2 is 1.89 bits per heavy atom. The number of nitrogens with zero attached hydrogens (tertiary/aromatic N) is 2. The standard InChI is InChI=1S/C15H22N2O2/c1-11-8-12-13(9-15(2,3)10-14(12)18)17(11)16-4-6-19-7-5-16/h8H,4-7,9-10H2,1-3H3. The quantitative estimate of drug-likeness (QED) is 0.775. The number of hydrogen-bond donors (Lipinski definition) is 0. The normalized spacial score (nSPS) is 22.5. The van der Waals surface area contributed by atoms with Gasteiger partial charge in [-0.3, -0.25) is 9.47 Å². The smallest absolute Gasteiger partial charge is 0.165 e. The van der Waals surface area contributed by atoms with Crippen LogP contribution in [0.5, 0.6) is 0 Å². The maximum Gasteiger partial charge on any atom is 0.165 e. The molecular formula is C15H22N2O2. The van der Waals surface area contributed by atoms with Crippen LogP contribution < -0.4 is 5.01 Å². The summed E-state index contributed by atoms with van der Waals surface area (Å²) in [4.78, 5) is 12.3. The number of fused-ring (bicyclic) bond motifs is 1. The van der Waals surface area contributed by atoms with E-state index in [1.54, 1.807) is 0 Å². The lowest BCUT2D eigenvalue weighted by atomic mass is 9.76. The highest BCUT2D eigenvalue weighted by Crippen LogP contribution is 2.36. The van der Waals surface area contributed by atoms with Crippen molar-refractivity contribution in [1.82, 2.24) is 4.68 Å². The minimum absolute atomic E-state index is 0.0684. The summed E-state index contributed by atoms with van der Waals surface area (Å²) in [6.07, 6.45) is 1.63. The van der Waals surface area contributed by atoms with Crippen molar-refractivity contribution in [1.29, 1.82) is 0 Å². The monoisotopic (exact) mass is 262 g/mol. The molecule has 4 nitrogen and oxygen atoms in total. The van der Waals surface area contributed by atoms with E-state index in [2.05, 4.69) is 36.5 Å². The number of rotatable bonds is 1. The number of aromatic nitrogens is 1. The van der Waals surface area contributed by atoms with E-state index in [9.17, 15) is 4.79 Å². The summed E-state index contributed by atoms with van der Waals surface area (Å²) in [7, 11) is 0. The molecule has 0 N–H and O–H groups in total. The lowest BCUT2D eigenvalue weighted by Crippen LogP contribution is -2.46. The minimum Gasteiger partial charge on any atom is -0.378 e. The second-order valence-corrected chi connectivity index (χ2v) is 6.46. The van der Waals surface area contributed by atoms with Gasteiger partial charge in [-0.05, 0) is 24.8 Å². The van der Waals surface area contributed by atoms with E-state index in [4.69, 9.17) is 4.74 Å². The first-order valence-electron chi connectivity index (χ1n) is 7.05. The van der Waals surface area contributed by atoms with Crippen LogP contribution >= 0.6 is 0 Å². The largest absolute Gasteiger partial charge is 0.378 e. The lowest BCUT2D eigenvalue weighted by Gasteiger charge is -2.36. The van der Waals surface area contributed by atoms with Crippen molar-refractivity contribution in [3.63, 3.8) is 0 Å². The fraction of sp³-hybridized carbons (Fsp3) is 0.667. The summed E-state index contributed by atoms with van der Waals surface area (Å²) in [5.41, 5.74) is 3.36. The average molecular weight is 262 g/mol. The summed E-state index contributed by atoms with van der Waals surface area (Å²) in [5, 5.41) is 2.31. The number of ketones is 1. The van der Waals surface area contributed by atoms with Crippen LogP contribution in [0.2, 0.25) is 0 Å². The Labute approximate surface area is 114 Å². The Bertz CT molecular complexity index is 510. The van der Waals surface area contributed by atoms with Gasteiger partial charge in [-0.15, -0.1) is 0 Å². The van der Waals surface area contributed by atoms with E-state index >= 15 is 0 Å². The van der Waals surface area contributed by atoms with Crippen molar-refractivity contribution in [2.75, 3.05) is 31.3 Å². The highest BCUT2D eigenvalue weighted by atomic mass is 16.5. The molecule has 0 aromatic carbocycles. The first-order chi connectivity index (χ1) is 8.98. The summed E-state index contributed by atoms with van der Waals surface area (Å²) in [6.45, 7) is 9.79. The van der Waals surface area contributed by atoms with Crippen molar-refractivity contribution in [2.24, 2.45) is 5.41 Å². The van der Waals surface area contributed by atoms with Crippen molar-refractivity contribution in [2.45, 2.75) is 33.6 Å². The summed E-state index contributed by atoms with van der Waals surface area (Å²) >= 11 is 0. The molecule has 0 spiro atoms. The van der Waals surface area contributed by atoms with Gasteiger partial charge in [-0.25, -0.2) is 0 Å². The van der Waals surface area contributed by atoms with Gasteiger partial charge in [0.2, 0.25) is 0 Å². The zero-order valence-electron chi connectivity index (χ0n) is 12.0. The highest BCUT2D eigenvalue weighted by molar-refractivity contribution is 5.99. The molecule has 1 aromatic heterocycles. The van der Waals surface area contributed by atoms with E-state index in [1.807, 2.05) is 0 Å². The molecule has 3 rings (SSSR count). The minimum atomic E-state index is 0.0684. The van der Waals surface area contributed by atoms with E-state index in [1.165, 1.54) is 5.69 Å². The van der Waals surface area contributed by atoms with Gasteiger partial charge in [0, 0.05) is 17.7 Å². The van der Waals surface area contributed by atoms with Crippen LogP contribution in [0.1, 0.15) is 42.0 Å². The molecule has 2 aliphatic rings. The highest BCUT2D eigenvalue weighted by Gasteiger charge is 2.35. The maximum atomic E-state index is 12.3. The number of hydrogen-bond acceptors (Lipinski definition) is 3. The van der Waals surface area contributed by atoms with Crippen LogP contribution in [0.3, 0.4) is 0 Å². The van der Waals surface area contributed by atoms with Gasteiger partial charge in [0.05, 0.1) is 32.0 Å². The molecule has 1 aliphatic heterocycles. The number of Topliss-reactive ketones (excluding diaryl/α,β-unsaturated/α-hetero) is 1. The molecule has 0 atom stereocenters. The fourth-order valence-electron chi connectivity index (χ4n) is 3.29. The molecule has 1 fully saturated rings. The van der Waals surface area contributed by atoms with Gasteiger partial charge in [0.1, 0.15) is 0 Å². The third kappa shape index (κ3) is 2.18. The van der Waals surface area contributed by atoms with Crippen molar-refractivity contribution >= 4 is 5.78 Å². The van der Waals surface area contributed by atoms with Crippen molar-refractivity contribution < 1.29 is 9.53 Å². The van der Waals surface area contributed by atoms with Crippen LogP contribution in [0, 0.1) is 12.3 Å². The topological polar surface area (TPSA) is 34.5 Å². The van der Waals surface area contributed by atoms with Gasteiger partial charge < -0.3 is 9.75 Å². The van der Waals surface area contributed by atoms with Crippen LogP contribution in [0.25, 0.3) is 0 Å². The predicted octanol–water partition coefficient (Wildman–Crippen LogP) is 1.92. The third-order valence-corrected chi connectivity index (χ3v) is 4.11. The van der Waals surface area contributed by atoms with Crippen LogP contribution in [-0.4, -0.2) is 36.8 Å². The molecule has 19 heavy (non-hydrogen) atoms. The Kier molecular flexibility index (Phi) is 2.93. The van der Waals surface area contributed by atoms with Crippen LogP contribution in [0.15, 0.2) is 6.07 Å². The second-order valence-electron chi connectivity index (χ2n) is 6.46. The van der Waals surface area contributed by atoms with Gasteiger partial charge in [0.25, 0.3) is 0 Å². The molecule has 0 bridgehead atoms. The molecule has 0 amide bonds. The molecule has 1 aliphatic carbocycles. The van der Waals surface area contributed by atoms with Crippen molar-refractivity contribution in [3.05, 3.63) is 23.0 Å². The zero-order valence-corrected chi connectivity index (χ0v) is 12.0. The number of morpholine rings is 1. The Hall–Kier alpha value is -1.29. The number of carbonyl (C=O) groups excluding carboxylic acids is 1. The zero-order chi connectivity index (χ0) is 13.6. The first-order valence-corrected chi connectivity index (χ1v) is 7.05. The number of ether oxygens (including phenoxy) is 1. The average Bonchev–Trinajstić information content (AvgIpc) is 2.65. The first kappa shape index (κ1) is 12.7. The number of carbonyl (C=O) groups is 1. The predicted molar refractivity (Wildman–Crippen MR) is 74.4 cm³/mol.